The molecule has 0 amide bonds. The molecule has 0 aliphatic heterocycles. The van der Waals surface area contributed by atoms with Crippen molar-refractivity contribution in [1.29, 1.82) is 0 Å². The Hall–Kier alpha value is -1.87. The van der Waals surface area contributed by atoms with E-state index in [1.54, 1.807) is 23.5 Å². The lowest BCUT2D eigenvalue weighted by Crippen LogP contribution is -1.77. The molecule has 17 heavy (non-hydrogen) atoms. The summed E-state index contributed by atoms with van der Waals surface area (Å²) in [4.78, 5) is 4.63. The third kappa shape index (κ3) is 1.78. The first-order valence-electron chi connectivity index (χ1n) is 5.39. The van der Waals surface area contributed by atoms with Gasteiger partial charge in [0.2, 0.25) is 0 Å². The molecule has 84 valence electrons. The van der Waals surface area contributed by atoms with Crippen LogP contribution < -0.4 is 0 Å². The molecule has 0 aliphatic rings. The summed E-state index contributed by atoms with van der Waals surface area (Å²) in [5, 5.41) is 10.4. The predicted octanol–water partition coefficient (Wildman–Crippen LogP) is 3.98. The number of aromatic nitrogens is 1. The first-order valence-corrected chi connectivity index (χ1v) is 6.21. The number of thiazole rings is 1. The fraction of sp³-hybridized carbons (Fsp3) is 0.0714. The SMILES string of the molecule is Cc1cccc2sc(-c3cccc(O)c3)nc12. The average Bonchev–Trinajstić information content (AvgIpc) is 2.74. The lowest BCUT2D eigenvalue weighted by molar-refractivity contribution is 0.475. The predicted molar refractivity (Wildman–Crippen MR) is 71.5 cm³/mol. The Bertz CT molecular complexity index is 688. The highest BCUT2D eigenvalue weighted by molar-refractivity contribution is 7.21. The number of hydrogen-bond acceptors (Lipinski definition) is 3. The molecule has 2 aromatic carbocycles. The van der Waals surface area contributed by atoms with E-state index in [0.29, 0.717) is 0 Å². The van der Waals surface area contributed by atoms with Gasteiger partial charge < -0.3 is 5.11 Å². The molecule has 1 N–H and O–H groups in total. The van der Waals surface area contributed by atoms with Crippen molar-refractivity contribution in [3.8, 4) is 16.3 Å². The third-order valence-electron chi connectivity index (χ3n) is 2.71. The molecule has 0 bridgehead atoms. The van der Waals surface area contributed by atoms with Gasteiger partial charge in [0.05, 0.1) is 10.2 Å². The number of benzene rings is 2. The van der Waals surface area contributed by atoms with E-state index >= 15 is 0 Å². The van der Waals surface area contributed by atoms with Gasteiger partial charge in [-0.1, -0.05) is 24.3 Å². The Morgan fingerprint density at radius 3 is 2.71 bits per heavy atom. The molecule has 0 spiro atoms. The Morgan fingerprint density at radius 1 is 1.12 bits per heavy atom. The van der Waals surface area contributed by atoms with Crippen LogP contribution in [0.2, 0.25) is 0 Å². The van der Waals surface area contributed by atoms with Gasteiger partial charge in [0.15, 0.2) is 0 Å². The summed E-state index contributed by atoms with van der Waals surface area (Å²) >= 11 is 1.65. The maximum absolute atomic E-state index is 9.48. The van der Waals surface area contributed by atoms with Crippen molar-refractivity contribution >= 4 is 21.6 Å². The zero-order valence-electron chi connectivity index (χ0n) is 9.34. The quantitative estimate of drug-likeness (QED) is 0.699. The van der Waals surface area contributed by atoms with E-state index in [0.717, 1.165) is 16.1 Å². The van der Waals surface area contributed by atoms with Crippen LogP contribution in [0.4, 0.5) is 0 Å². The van der Waals surface area contributed by atoms with Gasteiger partial charge in [0.25, 0.3) is 0 Å². The molecule has 3 aromatic rings. The zero-order valence-corrected chi connectivity index (χ0v) is 10.2. The fourth-order valence-corrected chi connectivity index (χ4v) is 2.89. The van der Waals surface area contributed by atoms with Gasteiger partial charge >= 0.3 is 0 Å². The molecule has 0 aliphatic carbocycles. The molecule has 0 fully saturated rings. The smallest absolute Gasteiger partial charge is 0.124 e. The number of phenolic OH excluding ortho intramolecular Hbond substituents is 1. The van der Waals surface area contributed by atoms with Crippen molar-refractivity contribution in [2.24, 2.45) is 0 Å². The Balaban J connectivity index is 2.22. The molecule has 0 radical (unpaired) electrons. The van der Waals surface area contributed by atoms with Crippen molar-refractivity contribution < 1.29 is 5.11 Å². The molecule has 1 heterocycles. The standard InChI is InChI=1S/C14H11NOS/c1-9-4-2-7-12-13(9)15-14(17-12)10-5-3-6-11(16)8-10/h2-8,16H,1H3. The second kappa shape index (κ2) is 3.86. The molecular weight excluding hydrogens is 230 g/mol. The summed E-state index contributed by atoms with van der Waals surface area (Å²) in [6.07, 6.45) is 0. The second-order valence-electron chi connectivity index (χ2n) is 3.99. The molecule has 2 nitrogen and oxygen atoms in total. The van der Waals surface area contributed by atoms with Gasteiger partial charge in [-0.05, 0) is 30.7 Å². The van der Waals surface area contributed by atoms with Gasteiger partial charge in [-0.2, -0.15) is 0 Å². The topological polar surface area (TPSA) is 33.1 Å². The number of aromatic hydroxyl groups is 1. The van der Waals surface area contributed by atoms with E-state index in [-0.39, 0.29) is 5.75 Å². The number of para-hydroxylation sites is 1. The van der Waals surface area contributed by atoms with Crippen LogP contribution in [0.25, 0.3) is 20.8 Å². The highest BCUT2D eigenvalue weighted by Gasteiger charge is 2.07. The molecule has 1 aromatic heterocycles. The monoisotopic (exact) mass is 241 g/mol. The summed E-state index contributed by atoms with van der Waals surface area (Å²) in [6.45, 7) is 2.06. The Morgan fingerprint density at radius 2 is 1.94 bits per heavy atom. The number of nitrogens with zero attached hydrogens (tertiary/aromatic N) is 1. The minimum atomic E-state index is 0.276. The van der Waals surface area contributed by atoms with E-state index in [1.165, 1.54) is 10.3 Å². The Labute approximate surface area is 103 Å². The van der Waals surface area contributed by atoms with Gasteiger partial charge in [-0.25, -0.2) is 4.98 Å². The van der Waals surface area contributed by atoms with Crippen molar-refractivity contribution in [1.82, 2.24) is 4.98 Å². The first kappa shape index (κ1) is 10.3. The summed E-state index contributed by atoms with van der Waals surface area (Å²) in [5.41, 5.74) is 3.20. The molecular formula is C14H11NOS. The van der Waals surface area contributed by atoms with Crippen molar-refractivity contribution in [2.75, 3.05) is 0 Å². The zero-order chi connectivity index (χ0) is 11.8. The molecule has 3 heteroatoms. The number of rotatable bonds is 1. The Kier molecular flexibility index (Phi) is 2.34. The van der Waals surface area contributed by atoms with Crippen LogP contribution in [-0.2, 0) is 0 Å². The molecule has 0 saturated carbocycles. The van der Waals surface area contributed by atoms with Crippen LogP contribution >= 0.6 is 11.3 Å². The minimum Gasteiger partial charge on any atom is -0.508 e. The summed E-state index contributed by atoms with van der Waals surface area (Å²) in [5.74, 6) is 0.276. The van der Waals surface area contributed by atoms with E-state index in [4.69, 9.17) is 0 Å². The molecule has 0 atom stereocenters. The van der Waals surface area contributed by atoms with Gasteiger partial charge in [-0.15, -0.1) is 11.3 Å². The van der Waals surface area contributed by atoms with Gasteiger partial charge in [-0.3, -0.25) is 0 Å². The minimum absolute atomic E-state index is 0.276. The van der Waals surface area contributed by atoms with Crippen molar-refractivity contribution in [3.05, 3.63) is 48.0 Å². The van der Waals surface area contributed by atoms with Gasteiger partial charge in [0.1, 0.15) is 10.8 Å². The normalized spacial score (nSPS) is 10.9. The maximum atomic E-state index is 9.48. The lowest BCUT2D eigenvalue weighted by atomic mass is 10.2. The number of aryl methyl sites for hydroxylation is 1. The average molecular weight is 241 g/mol. The summed E-state index contributed by atoms with van der Waals surface area (Å²) in [6, 6.07) is 13.4. The highest BCUT2D eigenvalue weighted by Crippen LogP contribution is 2.32. The van der Waals surface area contributed by atoms with E-state index < -0.39 is 0 Å². The molecule has 0 unspecified atom stereocenters. The number of hydrogen-bond donors (Lipinski definition) is 1. The van der Waals surface area contributed by atoms with Crippen molar-refractivity contribution in [2.45, 2.75) is 6.92 Å². The molecule has 3 rings (SSSR count). The number of fused-ring (bicyclic) bond motifs is 1. The summed E-state index contributed by atoms with van der Waals surface area (Å²) < 4.78 is 1.18. The van der Waals surface area contributed by atoms with Crippen LogP contribution in [0.5, 0.6) is 5.75 Å². The van der Waals surface area contributed by atoms with Crippen LogP contribution in [0.3, 0.4) is 0 Å². The van der Waals surface area contributed by atoms with Crippen LogP contribution in [0, 0.1) is 6.92 Å². The van der Waals surface area contributed by atoms with Crippen LogP contribution in [-0.4, -0.2) is 10.1 Å². The molecule has 0 saturated heterocycles. The third-order valence-corrected chi connectivity index (χ3v) is 3.78. The number of phenols is 1. The van der Waals surface area contributed by atoms with Crippen LogP contribution in [0.1, 0.15) is 5.56 Å². The largest absolute Gasteiger partial charge is 0.508 e. The van der Waals surface area contributed by atoms with E-state index in [1.807, 2.05) is 18.2 Å². The van der Waals surface area contributed by atoms with Crippen LogP contribution in [0.15, 0.2) is 42.5 Å². The van der Waals surface area contributed by atoms with Crippen molar-refractivity contribution in [3.63, 3.8) is 0 Å². The highest BCUT2D eigenvalue weighted by atomic mass is 32.1. The summed E-state index contributed by atoms with van der Waals surface area (Å²) in [7, 11) is 0. The first-order chi connectivity index (χ1) is 8.24. The van der Waals surface area contributed by atoms with Gasteiger partial charge in [0, 0.05) is 5.56 Å². The fourth-order valence-electron chi connectivity index (χ4n) is 1.85. The maximum Gasteiger partial charge on any atom is 0.124 e. The van der Waals surface area contributed by atoms with E-state index in [9.17, 15) is 5.11 Å². The van der Waals surface area contributed by atoms with E-state index in [2.05, 4.69) is 24.0 Å². The second-order valence-corrected chi connectivity index (χ2v) is 5.02. The lowest BCUT2D eigenvalue weighted by Gasteiger charge is -1.96.